The van der Waals surface area contributed by atoms with Gasteiger partial charge in [-0.15, -0.1) is 0 Å². The van der Waals surface area contributed by atoms with Crippen molar-refractivity contribution in [1.29, 1.82) is 0 Å². The number of likely N-dealkylation sites (tertiary alicyclic amines) is 1. The van der Waals surface area contributed by atoms with Crippen molar-refractivity contribution in [2.75, 3.05) is 19.6 Å². The molecular weight excluding hydrogens is 204 g/mol. The molecule has 1 aliphatic rings. The molecule has 1 unspecified atom stereocenters. The minimum absolute atomic E-state index is 0.0626. The number of amides is 1. The topological polar surface area (TPSA) is 52.6 Å². The number of nitrogens with zero attached hydrogens (tertiary/aromatic N) is 1. The fourth-order valence-corrected chi connectivity index (χ4v) is 1.86. The molecule has 0 spiro atoms. The highest BCUT2D eigenvalue weighted by Gasteiger charge is 2.46. The Morgan fingerprint density at radius 1 is 1.44 bits per heavy atom. The van der Waals surface area contributed by atoms with Gasteiger partial charge in [0.05, 0.1) is 11.6 Å². The summed E-state index contributed by atoms with van der Waals surface area (Å²) >= 11 is 0. The highest BCUT2D eigenvalue weighted by molar-refractivity contribution is 5.81. The van der Waals surface area contributed by atoms with Crippen molar-refractivity contribution in [1.82, 2.24) is 10.2 Å². The molecule has 0 aromatic heterocycles. The molecule has 0 aromatic rings. The van der Waals surface area contributed by atoms with Crippen molar-refractivity contribution in [2.45, 2.75) is 45.8 Å². The monoisotopic (exact) mass is 228 g/mol. The van der Waals surface area contributed by atoms with Crippen molar-refractivity contribution in [2.24, 2.45) is 5.92 Å². The zero-order valence-electron chi connectivity index (χ0n) is 10.8. The van der Waals surface area contributed by atoms with Crippen LogP contribution in [0.15, 0.2) is 0 Å². The second-order valence-corrected chi connectivity index (χ2v) is 5.13. The fourth-order valence-electron chi connectivity index (χ4n) is 1.86. The number of rotatable bonds is 5. The highest BCUT2D eigenvalue weighted by Crippen LogP contribution is 2.29. The third-order valence-corrected chi connectivity index (χ3v) is 3.50. The van der Waals surface area contributed by atoms with Crippen molar-refractivity contribution in [3.63, 3.8) is 0 Å². The van der Waals surface area contributed by atoms with Gasteiger partial charge in [-0.2, -0.15) is 0 Å². The Bertz CT molecular complexity index is 247. The molecule has 0 saturated carbocycles. The average Bonchev–Trinajstić information content (AvgIpc) is 2.19. The number of nitrogens with one attached hydrogen (secondary N) is 1. The molecule has 1 rings (SSSR count). The first-order valence-electron chi connectivity index (χ1n) is 6.15. The molecule has 1 aliphatic heterocycles. The zero-order valence-corrected chi connectivity index (χ0v) is 10.8. The van der Waals surface area contributed by atoms with E-state index in [4.69, 9.17) is 0 Å². The van der Waals surface area contributed by atoms with E-state index in [0.29, 0.717) is 13.1 Å². The number of carbonyl (C=O) groups is 1. The van der Waals surface area contributed by atoms with Crippen molar-refractivity contribution in [3.05, 3.63) is 0 Å². The van der Waals surface area contributed by atoms with Crippen LogP contribution in [0.4, 0.5) is 0 Å². The molecular formula is C12H24N2O2. The summed E-state index contributed by atoms with van der Waals surface area (Å²) < 4.78 is 0. The van der Waals surface area contributed by atoms with E-state index in [1.165, 1.54) is 0 Å². The summed E-state index contributed by atoms with van der Waals surface area (Å²) in [6.07, 6.45) is 0.953. The van der Waals surface area contributed by atoms with Crippen LogP contribution in [0.2, 0.25) is 0 Å². The maximum atomic E-state index is 11.7. The van der Waals surface area contributed by atoms with E-state index < -0.39 is 5.60 Å². The highest BCUT2D eigenvalue weighted by atomic mass is 16.3. The van der Waals surface area contributed by atoms with Crippen LogP contribution >= 0.6 is 0 Å². The normalized spacial score (nSPS) is 21.6. The maximum Gasteiger partial charge on any atom is 0.237 e. The lowest BCUT2D eigenvalue weighted by Crippen LogP contribution is -2.68. The van der Waals surface area contributed by atoms with Crippen LogP contribution < -0.4 is 5.32 Å². The minimum atomic E-state index is -0.598. The first-order valence-corrected chi connectivity index (χ1v) is 6.15. The lowest BCUT2D eigenvalue weighted by molar-refractivity contribution is -0.153. The van der Waals surface area contributed by atoms with Crippen LogP contribution in [-0.2, 0) is 4.79 Å². The standard InChI is InChI=1S/C12H24N2O2/c1-5-6-13-11(15)10(4)14-7-12(16,8-14)9(2)3/h9-10,16H,5-8H2,1-4H3,(H,13,15). The van der Waals surface area contributed by atoms with Crippen LogP contribution in [-0.4, -0.2) is 47.2 Å². The molecule has 1 heterocycles. The summed E-state index contributed by atoms with van der Waals surface area (Å²) in [5.74, 6) is 0.308. The summed E-state index contributed by atoms with van der Waals surface area (Å²) in [6, 6.07) is -0.134. The van der Waals surface area contributed by atoms with Crippen molar-refractivity contribution >= 4 is 5.91 Å². The lowest BCUT2D eigenvalue weighted by Gasteiger charge is -2.51. The third kappa shape index (κ3) is 2.74. The number of β-amino-alcohol motifs (C(OH)–C–C–N with tert-alkyl or cyclic N) is 1. The molecule has 94 valence electrons. The van der Waals surface area contributed by atoms with E-state index in [9.17, 15) is 9.90 Å². The Kier molecular flexibility index (Phi) is 4.33. The van der Waals surface area contributed by atoms with Gasteiger partial charge in [-0.25, -0.2) is 0 Å². The summed E-state index contributed by atoms with van der Waals surface area (Å²) in [4.78, 5) is 13.7. The Hall–Kier alpha value is -0.610. The minimum Gasteiger partial charge on any atom is -0.387 e. The van der Waals surface area contributed by atoms with Gasteiger partial charge < -0.3 is 10.4 Å². The van der Waals surface area contributed by atoms with Gasteiger partial charge in [0.25, 0.3) is 0 Å². The summed E-state index contributed by atoms with van der Waals surface area (Å²) in [6.45, 7) is 9.89. The smallest absolute Gasteiger partial charge is 0.237 e. The summed E-state index contributed by atoms with van der Waals surface area (Å²) in [5.41, 5.74) is -0.598. The van der Waals surface area contributed by atoms with Crippen LogP contribution in [0.1, 0.15) is 34.1 Å². The molecule has 0 bridgehead atoms. The van der Waals surface area contributed by atoms with Gasteiger partial charge >= 0.3 is 0 Å². The number of aliphatic hydroxyl groups is 1. The molecule has 16 heavy (non-hydrogen) atoms. The van der Waals surface area contributed by atoms with E-state index >= 15 is 0 Å². The summed E-state index contributed by atoms with van der Waals surface area (Å²) in [5, 5.41) is 13.0. The Balaban J connectivity index is 2.36. The fraction of sp³-hybridized carbons (Fsp3) is 0.917. The molecule has 0 aromatic carbocycles. The van der Waals surface area contributed by atoms with Gasteiger partial charge in [0.15, 0.2) is 0 Å². The molecule has 0 radical (unpaired) electrons. The molecule has 4 nitrogen and oxygen atoms in total. The number of hydrogen-bond acceptors (Lipinski definition) is 3. The zero-order chi connectivity index (χ0) is 12.3. The average molecular weight is 228 g/mol. The second-order valence-electron chi connectivity index (χ2n) is 5.13. The van der Waals surface area contributed by atoms with Gasteiger partial charge in [-0.1, -0.05) is 20.8 Å². The largest absolute Gasteiger partial charge is 0.387 e. The molecule has 4 heteroatoms. The van der Waals surface area contributed by atoms with Gasteiger partial charge in [0.2, 0.25) is 5.91 Å². The molecule has 1 saturated heterocycles. The lowest BCUT2D eigenvalue weighted by atomic mass is 9.82. The van der Waals surface area contributed by atoms with E-state index in [-0.39, 0.29) is 17.9 Å². The van der Waals surface area contributed by atoms with Crippen LogP contribution in [0.25, 0.3) is 0 Å². The molecule has 1 fully saturated rings. The SMILES string of the molecule is CCCNC(=O)C(C)N1CC(O)(C(C)C)C1. The Morgan fingerprint density at radius 3 is 2.44 bits per heavy atom. The maximum absolute atomic E-state index is 11.7. The summed E-state index contributed by atoms with van der Waals surface area (Å²) in [7, 11) is 0. The van der Waals surface area contributed by atoms with Gasteiger partial charge in [0, 0.05) is 19.6 Å². The van der Waals surface area contributed by atoms with Gasteiger partial charge in [-0.3, -0.25) is 9.69 Å². The Labute approximate surface area is 98.0 Å². The Morgan fingerprint density at radius 2 is 2.00 bits per heavy atom. The quantitative estimate of drug-likeness (QED) is 0.724. The first-order chi connectivity index (χ1) is 7.40. The van der Waals surface area contributed by atoms with Crippen LogP contribution in [0.3, 0.4) is 0 Å². The second kappa shape index (κ2) is 5.15. The number of carbonyl (C=O) groups excluding carboxylic acids is 1. The van der Waals surface area contributed by atoms with Gasteiger partial charge in [-0.05, 0) is 19.3 Å². The molecule has 1 amide bonds. The van der Waals surface area contributed by atoms with Gasteiger partial charge in [0.1, 0.15) is 0 Å². The van der Waals surface area contributed by atoms with Crippen molar-refractivity contribution < 1.29 is 9.90 Å². The van der Waals surface area contributed by atoms with E-state index in [1.807, 2.05) is 32.6 Å². The molecule has 0 aliphatic carbocycles. The predicted octanol–water partition coefficient (Wildman–Crippen LogP) is 0.604. The molecule has 1 atom stereocenters. The molecule has 2 N–H and O–H groups in total. The van der Waals surface area contributed by atoms with E-state index in [1.54, 1.807) is 0 Å². The third-order valence-electron chi connectivity index (χ3n) is 3.50. The van der Waals surface area contributed by atoms with Crippen LogP contribution in [0.5, 0.6) is 0 Å². The van der Waals surface area contributed by atoms with E-state index in [0.717, 1.165) is 13.0 Å². The predicted molar refractivity (Wildman–Crippen MR) is 64.1 cm³/mol. The van der Waals surface area contributed by atoms with Crippen LogP contribution in [0, 0.1) is 5.92 Å². The first kappa shape index (κ1) is 13.5. The van der Waals surface area contributed by atoms with Crippen molar-refractivity contribution in [3.8, 4) is 0 Å². The number of hydrogen-bond donors (Lipinski definition) is 2. The van der Waals surface area contributed by atoms with E-state index in [2.05, 4.69) is 5.32 Å².